The van der Waals surface area contributed by atoms with Gasteiger partial charge in [-0.25, -0.2) is 4.79 Å². The van der Waals surface area contributed by atoms with Crippen LogP contribution in [0, 0.1) is 5.21 Å². The molecule has 1 atom stereocenters. The van der Waals surface area contributed by atoms with Crippen molar-refractivity contribution in [3.63, 3.8) is 0 Å². The van der Waals surface area contributed by atoms with E-state index in [1.165, 1.54) is 51.4 Å². The molecule has 0 rings (SSSR count). The molecule has 0 bridgehead atoms. The van der Waals surface area contributed by atoms with Crippen molar-refractivity contribution in [2.75, 3.05) is 0 Å². The highest BCUT2D eigenvalue weighted by molar-refractivity contribution is 5.71. The molecular formula is C14H29NO3. The van der Waals surface area contributed by atoms with Crippen LogP contribution >= 0.6 is 0 Å². The Morgan fingerprint density at radius 3 is 1.83 bits per heavy atom. The zero-order valence-electron chi connectivity index (χ0n) is 11.7. The van der Waals surface area contributed by atoms with E-state index in [0.717, 1.165) is 12.8 Å². The van der Waals surface area contributed by atoms with E-state index in [2.05, 4.69) is 6.92 Å². The van der Waals surface area contributed by atoms with Gasteiger partial charge in [0.2, 0.25) is 0 Å². The molecule has 0 aromatic rings. The Hall–Kier alpha value is -0.610. The van der Waals surface area contributed by atoms with Crippen LogP contribution in [0.2, 0.25) is 0 Å². The van der Waals surface area contributed by atoms with Crippen LogP contribution in [0.15, 0.2) is 0 Å². The van der Waals surface area contributed by atoms with Crippen LogP contribution in [0.25, 0.3) is 0 Å². The lowest BCUT2D eigenvalue weighted by atomic mass is 10.0. The van der Waals surface area contributed by atoms with E-state index in [0.29, 0.717) is 11.9 Å². The SMILES string of the molecule is CCCCCCCCCCCCC([NH2+][O-])C(=O)O. The Bertz CT molecular complexity index is 197. The first kappa shape index (κ1) is 17.4. The highest BCUT2D eigenvalue weighted by Crippen LogP contribution is 2.11. The summed E-state index contributed by atoms with van der Waals surface area (Å²) >= 11 is 0. The van der Waals surface area contributed by atoms with Gasteiger partial charge in [0.05, 0.1) is 0 Å². The Labute approximate surface area is 111 Å². The number of carbonyl (C=O) groups is 1. The van der Waals surface area contributed by atoms with Crippen molar-refractivity contribution in [3.8, 4) is 0 Å². The number of carboxylic acids is 1. The van der Waals surface area contributed by atoms with Crippen molar-refractivity contribution < 1.29 is 15.4 Å². The molecule has 0 aliphatic rings. The summed E-state index contributed by atoms with van der Waals surface area (Å²) < 4.78 is 0. The molecule has 4 heteroatoms. The number of hydroxylamine groups is 1. The number of hydrogen-bond acceptors (Lipinski definition) is 2. The molecule has 0 aromatic carbocycles. The summed E-state index contributed by atoms with van der Waals surface area (Å²) in [7, 11) is 0. The van der Waals surface area contributed by atoms with Gasteiger partial charge in [0, 0.05) is 6.42 Å². The average Bonchev–Trinajstić information content (AvgIpc) is 2.35. The zero-order valence-corrected chi connectivity index (χ0v) is 11.7. The lowest BCUT2D eigenvalue weighted by molar-refractivity contribution is -0.616. The molecule has 0 amide bonds. The van der Waals surface area contributed by atoms with Gasteiger partial charge in [-0.05, 0) is 6.42 Å². The van der Waals surface area contributed by atoms with E-state index in [-0.39, 0.29) is 0 Å². The molecule has 0 heterocycles. The normalized spacial score (nSPS) is 12.6. The molecule has 0 aromatic heterocycles. The topological polar surface area (TPSA) is 77.0 Å². The maximum atomic E-state index is 10.6. The lowest BCUT2D eigenvalue weighted by Gasteiger charge is -2.12. The van der Waals surface area contributed by atoms with Gasteiger partial charge < -0.3 is 15.8 Å². The minimum Gasteiger partial charge on any atom is -0.635 e. The number of unbranched alkanes of at least 4 members (excludes halogenated alkanes) is 9. The molecule has 1 unspecified atom stereocenters. The van der Waals surface area contributed by atoms with Crippen LogP contribution in [-0.2, 0) is 4.79 Å². The van der Waals surface area contributed by atoms with Gasteiger partial charge >= 0.3 is 5.97 Å². The Morgan fingerprint density at radius 2 is 1.44 bits per heavy atom. The van der Waals surface area contributed by atoms with E-state index < -0.39 is 12.0 Å². The maximum absolute atomic E-state index is 10.6. The standard InChI is InChI=1S/C14H29NO3/c1-2-3-4-5-6-7-8-9-10-11-12-13(15-18)14(16)17/h13H,2-12,15H2,1H3,(H,16,17). The second-order valence-corrected chi connectivity index (χ2v) is 5.05. The number of quaternary nitrogens is 1. The fourth-order valence-electron chi connectivity index (χ4n) is 2.10. The summed E-state index contributed by atoms with van der Waals surface area (Å²) in [5.41, 5.74) is 0.552. The summed E-state index contributed by atoms with van der Waals surface area (Å²) in [6.07, 6.45) is 12.8. The number of aliphatic carboxylic acids is 1. The molecule has 0 saturated carbocycles. The van der Waals surface area contributed by atoms with Crippen LogP contribution in [0.1, 0.15) is 77.6 Å². The quantitative estimate of drug-likeness (QED) is 0.394. The smallest absolute Gasteiger partial charge is 0.362 e. The van der Waals surface area contributed by atoms with Crippen molar-refractivity contribution in [2.24, 2.45) is 0 Å². The first-order chi connectivity index (χ1) is 8.72. The highest BCUT2D eigenvalue weighted by atomic mass is 16.5. The number of nitrogens with two attached hydrogens (primary N) is 1. The largest absolute Gasteiger partial charge is 0.635 e. The monoisotopic (exact) mass is 259 g/mol. The molecule has 4 nitrogen and oxygen atoms in total. The second kappa shape index (κ2) is 12.8. The van der Waals surface area contributed by atoms with Crippen molar-refractivity contribution in [3.05, 3.63) is 5.21 Å². The van der Waals surface area contributed by atoms with Gasteiger partial charge in [-0.15, -0.1) is 0 Å². The zero-order chi connectivity index (χ0) is 13.6. The summed E-state index contributed by atoms with van der Waals surface area (Å²) in [4.78, 5) is 10.6. The van der Waals surface area contributed by atoms with Crippen molar-refractivity contribution in [1.29, 1.82) is 0 Å². The molecule has 0 saturated heterocycles. The summed E-state index contributed by atoms with van der Waals surface area (Å²) in [6.45, 7) is 2.23. The Morgan fingerprint density at radius 1 is 1.00 bits per heavy atom. The van der Waals surface area contributed by atoms with Crippen LogP contribution in [0.4, 0.5) is 0 Å². The van der Waals surface area contributed by atoms with Gasteiger partial charge in [0.15, 0.2) is 6.04 Å². The minimum absolute atomic E-state index is 0.495. The van der Waals surface area contributed by atoms with Crippen molar-refractivity contribution in [1.82, 2.24) is 0 Å². The molecule has 3 N–H and O–H groups in total. The van der Waals surface area contributed by atoms with Gasteiger partial charge in [-0.1, -0.05) is 64.7 Å². The Balaban J connectivity index is 3.18. The summed E-state index contributed by atoms with van der Waals surface area (Å²) in [5.74, 6) is -0.985. The third-order valence-electron chi connectivity index (χ3n) is 3.35. The molecule has 0 aliphatic carbocycles. The third-order valence-corrected chi connectivity index (χ3v) is 3.35. The molecule has 0 radical (unpaired) electrons. The van der Waals surface area contributed by atoms with E-state index in [4.69, 9.17) is 5.11 Å². The average molecular weight is 259 g/mol. The molecule has 18 heavy (non-hydrogen) atoms. The van der Waals surface area contributed by atoms with Crippen LogP contribution in [0.3, 0.4) is 0 Å². The van der Waals surface area contributed by atoms with Gasteiger partial charge in [-0.3, -0.25) is 0 Å². The van der Waals surface area contributed by atoms with Gasteiger partial charge in [0.1, 0.15) is 0 Å². The second-order valence-electron chi connectivity index (χ2n) is 5.05. The summed E-state index contributed by atoms with van der Waals surface area (Å²) in [5, 5.41) is 19.1. The minimum atomic E-state index is -0.985. The fourth-order valence-corrected chi connectivity index (χ4v) is 2.10. The van der Waals surface area contributed by atoms with E-state index in [9.17, 15) is 10.0 Å². The predicted molar refractivity (Wildman–Crippen MR) is 73.2 cm³/mol. The van der Waals surface area contributed by atoms with Crippen molar-refractivity contribution in [2.45, 2.75) is 83.6 Å². The fraction of sp³-hybridized carbons (Fsp3) is 0.929. The van der Waals surface area contributed by atoms with Crippen LogP contribution in [0.5, 0.6) is 0 Å². The summed E-state index contributed by atoms with van der Waals surface area (Å²) in [6, 6.07) is -0.793. The molecule has 0 aliphatic heterocycles. The van der Waals surface area contributed by atoms with Crippen LogP contribution < -0.4 is 5.48 Å². The molecule has 0 fully saturated rings. The number of carboxylic acid groups (broad SMARTS) is 1. The molecule has 0 spiro atoms. The van der Waals surface area contributed by atoms with E-state index in [1.807, 2.05) is 0 Å². The molecule has 108 valence electrons. The van der Waals surface area contributed by atoms with E-state index >= 15 is 0 Å². The number of rotatable bonds is 13. The molecular weight excluding hydrogens is 230 g/mol. The van der Waals surface area contributed by atoms with Gasteiger partial charge in [-0.2, -0.15) is 0 Å². The predicted octanol–water partition coefficient (Wildman–Crippen LogP) is 2.81. The lowest BCUT2D eigenvalue weighted by Crippen LogP contribution is -2.86. The van der Waals surface area contributed by atoms with Crippen LogP contribution in [-0.4, -0.2) is 17.1 Å². The van der Waals surface area contributed by atoms with Crippen molar-refractivity contribution >= 4 is 5.97 Å². The van der Waals surface area contributed by atoms with E-state index in [1.54, 1.807) is 0 Å². The number of hydrogen-bond donors (Lipinski definition) is 2. The first-order valence-corrected chi connectivity index (χ1v) is 7.40. The highest BCUT2D eigenvalue weighted by Gasteiger charge is 2.15. The third kappa shape index (κ3) is 10.5. The maximum Gasteiger partial charge on any atom is 0.362 e. The van der Waals surface area contributed by atoms with Gasteiger partial charge in [0.25, 0.3) is 0 Å². The Kier molecular flexibility index (Phi) is 12.4. The first-order valence-electron chi connectivity index (χ1n) is 7.40.